The highest BCUT2D eigenvalue weighted by atomic mass is 35.5. The number of ether oxygens (including phenoxy) is 1. The van der Waals surface area contributed by atoms with Gasteiger partial charge in [0, 0.05) is 16.8 Å². The number of anilines is 1. The van der Waals surface area contributed by atoms with Gasteiger partial charge in [-0.15, -0.1) is 23.1 Å². The largest absolute Gasteiger partial charge is 0.452 e. The molecule has 0 radical (unpaired) electrons. The fourth-order valence-corrected chi connectivity index (χ4v) is 3.35. The Morgan fingerprint density at radius 2 is 2.26 bits per heavy atom. The molecule has 2 heterocycles. The quantitative estimate of drug-likeness (QED) is 0.754. The van der Waals surface area contributed by atoms with E-state index in [0.29, 0.717) is 10.8 Å². The average molecular weight is 371 g/mol. The van der Waals surface area contributed by atoms with Crippen LogP contribution in [0.3, 0.4) is 0 Å². The number of pyridine rings is 1. The number of nitrogens with zero attached hydrogens (tertiary/aromatic N) is 1. The van der Waals surface area contributed by atoms with Crippen LogP contribution in [0.5, 0.6) is 0 Å². The van der Waals surface area contributed by atoms with Crippen molar-refractivity contribution in [3.63, 3.8) is 0 Å². The Bertz CT molecular complexity index is 647. The first kappa shape index (κ1) is 17.8. The highest BCUT2D eigenvalue weighted by molar-refractivity contribution is 7.99. The van der Waals surface area contributed by atoms with Crippen molar-refractivity contribution in [1.82, 2.24) is 4.98 Å². The zero-order valence-electron chi connectivity index (χ0n) is 12.3. The van der Waals surface area contributed by atoms with Gasteiger partial charge in [-0.2, -0.15) is 0 Å². The minimum absolute atomic E-state index is 0.203. The SMILES string of the molecule is C[C@@H](OC(=O)CSCc1cccs1)C(=O)Nc1ccc(Cl)cn1. The number of hydrogen-bond donors (Lipinski definition) is 1. The first-order chi connectivity index (χ1) is 11.0. The molecule has 0 saturated heterocycles. The summed E-state index contributed by atoms with van der Waals surface area (Å²) in [5, 5.41) is 5.03. The van der Waals surface area contributed by atoms with Crippen molar-refractivity contribution in [3.8, 4) is 0 Å². The highest BCUT2D eigenvalue weighted by Gasteiger charge is 2.18. The van der Waals surface area contributed by atoms with Crippen molar-refractivity contribution < 1.29 is 14.3 Å². The molecule has 2 rings (SSSR count). The lowest BCUT2D eigenvalue weighted by Crippen LogP contribution is -2.30. The van der Waals surface area contributed by atoms with Gasteiger partial charge >= 0.3 is 5.97 Å². The summed E-state index contributed by atoms with van der Waals surface area (Å²) in [5.41, 5.74) is 0. The summed E-state index contributed by atoms with van der Waals surface area (Å²) in [6, 6.07) is 7.17. The Balaban J connectivity index is 1.71. The summed E-state index contributed by atoms with van der Waals surface area (Å²) >= 11 is 8.82. The lowest BCUT2D eigenvalue weighted by Gasteiger charge is -2.13. The van der Waals surface area contributed by atoms with Crippen LogP contribution in [0, 0.1) is 0 Å². The maximum absolute atomic E-state index is 11.9. The van der Waals surface area contributed by atoms with Gasteiger partial charge in [0.15, 0.2) is 6.10 Å². The Kier molecular flexibility index (Phi) is 6.88. The van der Waals surface area contributed by atoms with Crippen LogP contribution in [-0.2, 0) is 20.1 Å². The Morgan fingerprint density at radius 3 is 2.91 bits per heavy atom. The molecule has 1 N–H and O–H groups in total. The molecule has 23 heavy (non-hydrogen) atoms. The first-order valence-electron chi connectivity index (χ1n) is 6.76. The highest BCUT2D eigenvalue weighted by Crippen LogP contribution is 2.17. The molecule has 2 aromatic rings. The molecule has 0 fully saturated rings. The van der Waals surface area contributed by atoms with E-state index in [4.69, 9.17) is 16.3 Å². The monoisotopic (exact) mass is 370 g/mol. The normalized spacial score (nSPS) is 11.7. The fourth-order valence-electron chi connectivity index (χ4n) is 1.59. The number of thioether (sulfide) groups is 1. The molecule has 1 amide bonds. The zero-order valence-corrected chi connectivity index (χ0v) is 14.7. The van der Waals surface area contributed by atoms with Crippen molar-refractivity contribution in [2.24, 2.45) is 0 Å². The number of carbonyl (C=O) groups excluding carboxylic acids is 2. The number of amides is 1. The van der Waals surface area contributed by atoms with E-state index >= 15 is 0 Å². The van der Waals surface area contributed by atoms with Crippen LogP contribution < -0.4 is 5.32 Å². The van der Waals surface area contributed by atoms with Crippen LogP contribution in [0.15, 0.2) is 35.8 Å². The maximum atomic E-state index is 11.9. The van der Waals surface area contributed by atoms with Gasteiger partial charge in [0.05, 0.1) is 10.8 Å². The molecule has 0 unspecified atom stereocenters. The molecular formula is C15H15ClN2O3S2. The molecule has 1 atom stereocenters. The van der Waals surface area contributed by atoms with Crippen LogP contribution in [0.2, 0.25) is 5.02 Å². The van der Waals surface area contributed by atoms with E-state index in [1.807, 2.05) is 17.5 Å². The Hall–Kier alpha value is -1.57. The van der Waals surface area contributed by atoms with Gasteiger partial charge in [-0.05, 0) is 30.5 Å². The molecule has 122 valence electrons. The van der Waals surface area contributed by atoms with Crippen molar-refractivity contribution in [2.45, 2.75) is 18.8 Å². The van der Waals surface area contributed by atoms with E-state index in [1.54, 1.807) is 23.5 Å². The lowest BCUT2D eigenvalue weighted by molar-refractivity contribution is -0.150. The number of thiophene rings is 1. The molecule has 0 aliphatic rings. The molecule has 0 aromatic carbocycles. The molecule has 8 heteroatoms. The second-order valence-electron chi connectivity index (χ2n) is 4.56. The van der Waals surface area contributed by atoms with E-state index < -0.39 is 18.0 Å². The predicted molar refractivity (Wildman–Crippen MR) is 93.9 cm³/mol. The van der Waals surface area contributed by atoms with Gasteiger partial charge in [-0.3, -0.25) is 9.59 Å². The molecule has 0 bridgehead atoms. The average Bonchev–Trinajstić information content (AvgIpc) is 3.02. The molecule has 2 aromatic heterocycles. The third kappa shape index (κ3) is 6.21. The number of esters is 1. The zero-order chi connectivity index (χ0) is 16.7. The van der Waals surface area contributed by atoms with E-state index in [1.165, 1.54) is 29.8 Å². The van der Waals surface area contributed by atoms with Crippen molar-refractivity contribution in [1.29, 1.82) is 0 Å². The van der Waals surface area contributed by atoms with E-state index in [-0.39, 0.29) is 5.75 Å². The second kappa shape index (κ2) is 8.90. The van der Waals surface area contributed by atoms with Crippen LogP contribution in [0.4, 0.5) is 5.82 Å². The number of rotatable bonds is 7. The second-order valence-corrected chi connectivity index (χ2v) is 7.01. The molecule has 0 spiro atoms. The molecule has 0 aliphatic heterocycles. The van der Waals surface area contributed by atoms with Gasteiger partial charge in [-0.1, -0.05) is 17.7 Å². The van der Waals surface area contributed by atoms with Gasteiger partial charge in [0.2, 0.25) is 0 Å². The topological polar surface area (TPSA) is 68.3 Å². The number of aromatic nitrogens is 1. The minimum Gasteiger partial charge on any atom is -0.452 e. The smallest absolute Gasteiger partial charge is 0.316 e. The Labute approximate surface area is 147 Å². The molecular weight excluding hydrogens is 356 g/mol. The molecule has 0 aliphatic carbocycles. The summed E-state index contributed by atoms with van der Waals surface area (Å²) in [7, 11) is 0. The van der Waals surface area contributed by atoms with E-state index in [0.717, 1.165) is 5.75 Å². The molecule has 5 nitrogen and oxygen atoms in total. The fraction of sp³-hybridized carbons (Fsp3) is 0.267. The Morgan fingerprint density at radius 1 is 1.43 bits per heavy atom. The van der Waals surface area contributed by atoms with Crippen LogP contribution in [0.25, 0.3) is 0 Å². The van der Waals surface area contributed by atoms with E-state index in [9.17, 15) is 9.59 Å². The number of carbonyl (C=O) groups is 2. The van der Waals surface area contributed by atoms with Gasteiger partial charge in [-0.25, -0.2) is 4.98 Å². The van der Waals surface area contributed by atoms with E-state index in [2.05, 4.69) is 10.3 Å². The number of hydrogen-bond acceptors (Lipinski definition) is 6. The minimum atomic E-state index is -0.887. The van der Waals surface area contributed by atoms with Gasteiger partial charge < -0.3 is 10.1 Å². The van der Waals surface area contributed by atoms with Crippen molar-refractivity contribution in [3.05, 3.63) is 45.7 Å². The first-order valence-corrected chi connectivity index (χ1v) is 9.18. The summed E-state index contributed by atoms with van der Waals surface area (Å²) in [6.07, 6.45) is 0.539. The van der Waals surface area contributed by atoms with Crippen LogP contribution >= 0.6 is 34.7 Å². The van der Waals surface area contributed by atoms with Gasteiger partial charge in [0.1, 0.15) is 5.82 Å². The maximum Gasteiger partial charge on any atom is 0.316 e. The lowest BCUT2D eigenvalue weighted by atomic mass is 10.3. The standard InChI is InChI=1S/C15H15ClN2O3S2/c1-10(15(20)18-13-5-4-11(16)7-17-13)21-14(19)9-22-8-12-3-2-6-23-12/h2-7,10H,8-9H2,1H3,(H,17,18,20)/t10-/m1/s1. The predicted octanol–water partition coefficient (Wildman–Crippen LogP) is 3.60. The van der Waals surface area contributed by atoms with Gasteiger partial charge in [0.25, 0.3) is 5.91 Å². The number of halogens is 1. The summed E-state index contributed by atoms with van der Waals surface area (Å²) in [4.78, 5) is 28.8. The number of nitrogens with one attached hydrogen (secondary N) is 1. The van der Waals surface area contributed by atoms with Crippen molar-refractivity contribution in [2.75, 3.05) is 11.1 Å². The third-order valence-corrected chi connectivity index (χ3v) is 4.94. The summed E-state index contributed by atoms with van der Waals surface area (Å²) < 4.78 is 5.11. The summed E-state index contributed by atoms with van der Waals surface area (Å²) in [6.45, 7) is 1.52. The van der Waals surface area contributed by atoms with Crippen molar-refractivity contribution >= 4 is 52.4 Å². The van der Waals surface area contributed by atoms with Crippen LogP contribution in [0.1, 0.15) is 11.8 Å². The third-order valence-electron chi connectivity index (χ3n) is 2.70. The van der Waals surface area contributed by atoms with Crippen LogP contribution in [-0.4, -0.2) is 28.7 Å². The summed E-state index contributed by atoms with van der Waals surface area (Å²) in [5.74, 6) is 0.459. The molecule has 0 saturated carbocycles.